The van der Waals surface area contributed by atoms with E-state index in [9.17, 15) is 8.42 Å². The van der Waals surface area contributed by atoms with E-state index in [1.165, 1.54) is 0 Å². The Balaban J connectivity index is 1.33. The quantitative estimate of drug-likeness (QED) is 0.198. The normalized spacial score (nSPS) is 14.4. The zero-order valence-electron chi connectivity index (χ0n) is 26.6. The number of ether oxygens (including phenoxy) is 3. The predicted molar refractivity (Wildman–Crippen MR) is 183 cm³/mol. The predicted octanol–water partition coefficient (Wildman–Crippen LogP) is 5.86. The van der Waals surface area contributed by atoms with Crippen molar-refractivity contribution in [2.45, 2.75) is 17.2 Å². The standard InChI is InChI=1S/C35H36N6O5S/c1-22-5-11-25(12-6-22)47(42,43)35(37-23-7-9-24(10-8-23)41-15-17-46-18-16-41)26-13-14-36-33-27(26)19-29(38-33)28-21-40(2)30-20-31(44-3)34(45-4)39-32(28)30/h5-14,19-21,35,37H,15-18H2,1-4H3,(H,36,38). The lowest BCUT2D eigenvalue weighted by molar-refractivity contribution is 0.122. The van der Waals surface area contributed by atoms with E-state index in [1.54, 1.807) is 38.6 Å². The molecule has 1 fully saturated rings. The van der Waals surface area contributed by atoms with E-state index in [-0.39, 0.29) is 4.90 Å². The molecule has 6 aromatic rings. The van der Waals surface area contributed by atoms with Crippen LogP contribution in [0.1, 0.15) is 16.5 Å². The summed E-state index contributed by atoms with van der Waals surface area (Å²) in [5.74, 6) is 0.900. The van der Waals surface area contributed by atoms with Gasteiger partial charge in [-0.2, -0.15) is 0 Å². The van der Waals surface area contributed by atoms with Crippen molar-refractivity contribution in [3.63, 3.8) is 0 Å². The Bertz CT molecular complexity index is 2170. The van der Waals surface area contributed by atoms with Crippen LogP contribution in [0.2, 0.25) is 0 Å². The number of nitrogens with zero attached hydrogens (tertiary/aromatic N) is 4. The van der Waals surface area contributed by atoms with Gasteiger partial charge in [-0.15, -0.1) is 0 Å². The monoisotopic (exact) mass is 652 g/mol. The second-order valence-corrected chi connectivity index (χ2v) is 13.6. The first-order valence-corrected chi connectivity index (χ1v) is 16.9. The van der Waals surface area contributed by atoms with Crippen LogP contribution in [0.5, 0.6) is 11.6 Å². The molecule has 1 saturated heterocycles. The molecular weight excluding hydrogens is 616 g/mol. The van der Waals surface area contributed by atoms with Gasteiger partial charge >= 0.3 is 0 Å². The molecule has 2 N–H and O–H groups in total. The zero-order chi connectivity index (χ0) is 32.7. The number of pyridine rings is 2. The van der Waals surface area contributed by atoms with Crippen molar-refractivity contribution < 1.29 is 22.6 Å². The van der Waals surface area contributed by atoms with Crippen molar-refractivity contribution in [2.75, 3.05) is 50.7 Å². The van der Waals surface area contributed by atoms with Crippen LogP contribution < -0.4 is 19.7 Å². The van der Waals surface area contributed by atoms with Gasteiger partial charge in [0.25, 0.3) is 5.88 Å². The Kier molecular flexibility index (Phi) is 7.98. The van der Waals surface area contributed by atoms with Crippen molar-refractivity contribution in [3.8, 4) is 22.9 Å². The molecule has 0 saturated carbocycles. The van der Waals surface area contributed by atoms with Crippen molar-refractivity contribution in [3.05, 3.63) is 90.3 Å². The molecule has 0 radical (unpaired) electrons. The maximum Gasteiger partial charge on any atom is 0.257 e. The Morgan fingerprint density at radius 1 is 0.979 bits per heavy atom. The van der Waals surface area contributed by atoms with Gasteiger partial charge in [0.05, 0.1) is 43.5 Å². The number of aryl methyl sites for hydroxylation is 2. The molecule has 1 aliphatic rings. The first kappa shape index (κ1) is 30.6. The molecule has 0 amide bonds. The van der Waals surface area contributed by atoms with Gasteiger partial charge in [-0.05, 0) is 55.5 Å². The number of aromatic amines is 1. The van der Waals surface area contributed by atoms with Gasteiger partial charge < -0.3 is 34.0 Å². The number of rotatable bonds is 9. The summed E-state index contributed by atoms with van der Waals surface area (Å²) in [4.78, 5) is 15.2. The highest BCUT2D eigenvalue weighted by Crippen LogP contribution is 2.39. The van der Waals surface area contributed by atoms with Gasteiger partial charge in [0.2, 0.25) is 9.84 Å². The van der Waals surface area contributed by atoms with E-state index in [0.29, 0.717) is 52.6 Å². The topological polar surface area (TPSA) is 124 Å². The van der Waals surface area contributed by atoms with E-state index in [1.807, 2.05) is 73.3 Å². The molecule has 12 heteroatoms. The molecule has 47 heavy (non-hydrogen) atoms. The van der Waals surface area contributed by atoms with Crippen LogP contribution in [-0.4, -0.2) is 68.5 Å². The smallest absolute Gasteiger partial charge is 0.257 e. The average molecular weight is 653 g/mol. The summed E-state index contributed by atoms with van der Waals surface area (Å²) in [7, 11) is 1.14. The van der Waals surface area contributed by atoms with Crippen molar-refractivity contribution >= 4 is 43.3 Å². The van der Waals surface area contributed by atoms with Crippen molar-refractivity contribution in [1.82, 2.24) is 19.5 Å². The van der Waals surface area contributed by atoms with Crippen molar-refractivity contribution in [1.29, 1.82) is 0 Å². The molecule has 0 bridgehead atoms. The number of fused-ring (bicyclic) bond motifs is 2. The van der Waals surface area contributed by atoms with E-state index in [2.05, 4.69) is 20.2 Å². The summed E-state index contributed by atoms with van der Waals surface area (Å²) in [6.45, 7) is 4.93. The zero-order valence-corrected chi connectivity index (χ0v) is 27.5. The average Bonchev–Trinajstić information content (AvgIpc) is 3.68. The van der Waals surface area contributed by atoms with Crippen LogP contribution in [-0.2, 0) is 21.6 Å². The van der Waals surface area contributed by atoms with E-state index < -0.39 is 15.2 Å². The van der Waals surface area contributed by atoms with Gasteiger partial charge in [-0.1, -0.05) is 17.7 Å². The summed E-state index contributed by atoms with van der Waals surface area (Å²) in [6.07, 6.45) is 3.60. The summed E-state index contributed by atoms with van der Waals surface area (Å²) in [6, 6.07) is 20.4. The van der Waals surface area contributed by atoms with Gasteiger partial charge in [-0.25, -0.2) is 18.4 Å². The Hall–Kier alpha value is -5.07. The van der Waals surface area contributed by atoms with Gasteiger partial charge in [-0.3, -0.25) is 0 Å². The number of hydrogen-bond donors (Lipinski definition) is 2. The first-order valence-electron chi connectivity index (χ1n) is 15.3. The lowest BCUT2D eigenvalue weighted by atomic mass is 10.1. The van der Waals surface area contributed by atoms with E-state index in [4.69, 9.17) is 19.2 Å². The summed E-state index contributed by atoms with van der Waals surface area (Å²) in [5, 5.41) is 2.93. The fourth-order valence-corrected chi connectivity index (χ4v) is 7.72. The number of sulfone groups is 1. The maximum atomic E-state index is 14.4. The summed E-state index contributed by atoms with van der Waals surface area (Å²) in [5.41, 5.74) is 6.98. The third-order valence-electron chi connectivity index (χ3n) is 8.65. The molecule has 1 atom stereocenters. The first-order chi connectivity index (χ1) is 22.8. The molecule has 242 valence electrons. The van der Waals surface area contributed by atoms with Crippen LogP contribution in [0, 0.1) is 6.92 Å². The molecule has 5 heterocycles. The molecule has 11 nitrogen and oxygen atoms in total. The molecule has 7 rings (SSSR count). The van der Waals surface area contributed by atoms with Gasteiger partial charge in [0, 0.05) is 66.5 Å². The van der Waals surface area contributed by atoms with Crippen LogP contribution >= 0.6 is 0 Å². The third kappa shape index (κ3) is 5.63. The van der Waals surface area contributed by atoms with Gasteiger partial charge in [0.1, 0.15) is 11.2 Å². The van der Waals surface area contributed by atoms with Crippen LogP contribution in [0.3, 0.4) is 0 Å². The maximum absolute atomic E-state index is 14.4. The molecule has 2 aromatic carbocycles. The fourth-order valence-electron chi connectivity index (χ4n) is 6.10. The molecule has 1 aliphatic heterocycles. The molecule has 0 aliphatic carbocycles. The fraction of sp³-hybridized carbons (Fsp3) is 0.257. The highest BCUT2D eigenvalue weighted by atomic mass is 32.2. The second-order valence-electron chi connectivity index (χ2n) is 11.6. The number of benzene rings is 2. The number of nitrogens with one attached hydrogen (secondary N) is 2. The van der Waals surface area contributed by atoms with Gasteiger partial charge in [0.15, 0.2) is 11.1 Å². The van der Waals surface area contributed by atoms with E-state index >= 15 is 0 Å². The van der Waals surface area contributed by atoms with Crippen LogP contribution in [0.25, 0.3) is 33.3 Å². The summed E-state index contributed by atoms with van der Waals surface area (Å²) < 4.78 is 47.3. The summed E-state index contributed by atoms with van der Waals surface area (Å²) >= 11 is 0. The lowest BCUT2D eigenvalue weighted by Crippen LogP contribution is -2.36. The molecule has 0 spiro atoms. The molecule has 1 unspecified atom stereocenters. The molecule has 4 aromatic heterocycles. The van der Waals surface area contributed by atoms with E-state index in [0.717, 1.165) is 41.1 Å². The second kappa shape index (κ2) is 12.3. The highest BCUT2D eigenvalue weighted by molar-refractivity contribution is 7.91. The number of aromatic nitrogens is 4. The minimum Gasteiger partial charge on any atom is -0.491 e. The minimum absolute atomic E-state index is 0.227. The van der Waals surface area contributed by atoms with Crippen LogP contribution in [0.4, 0.5) is 11.4 Å². The Labute approximate surface area is 273 Å². The number of anilines is 2. The number of methoxy groups -OCH3 is 2. The third-order valence-corrected chi connectivity index (χ3v) is 10.6. The molecular formula is C35H36N6O5S. The Morgan fingerprint density at radius 3 is 2.43 bits per heavy atom. The minimum atomic E-state index is -3.92. The largest absolute Gasteiger partial charge is 0.491 e. The van der Waals surface area contributed by atoms with Crippen molar-refractivity contribution in [2.24, 2.45) is 7.05 Å². The lowest BCUT2D eigenvalue weighted by Gasteiger charge is -2.29. The number of morpholine rings is 1. The van der Waals surface area contributed by atoms with Crippen LogP contribution in [0.15, 0.2) is 84.0 Å². The SMILES string of the molecule is COc1cc2c(nc1OC)c(-c1cc3c(C(Nc4ccc(N5CCOCC5)cc4)S(=O)(=O)c4ccc(C)cc4)ccnc3[nH]1)cn2C. The number of hydrogen-bond acceptors (Lipinski definition) is 9. The highest BCUT2D eigenvalue weighted by Gasteiger charge is 2.32. The number of H-pyrrole nitrogens is 1. The Morgan fingerprint density at radius 2 is 1.72 bits per heavy atom.